The Kier molecular flexibility index (Phi) is 9.58. The Labute approximate surface area is 127 Å². The number of thiol groups is 1. The number of hydrogen-bond donors (Lipinski definition) is 2. The molecule has 0 aliphatic carbocycles. The summed E-state index contributed by atoms with van der Waals surface area (Å²) in [4.78, 5) is 13.2. The second-order valence-electron chi connectivity index (χ2n) is 5.38. The van der Waals surface area contributed by atoms with Crippen molar-refractivity contribution < 1.29 is 4.79 Å². The minimum atomic E-state index is -0.198. The minimum absolute atomic E-state index is 0.126. The smallest absolute Gasteiger partial charge is 0.211 e. The summed E-state index contributed by atoms with van der Waals surface area (Å²) < 4.78 is 0. The topological polar surface area (TPSA) is 29.1 Å². The van der Waals surface area contributed by atoms with Crippen molar-refractivity contribution in [3.63, 3.8) is 0 Å². The maximum atomic E-state index is 12.1. The number of allylic oxidation sites excluding steroid dienone is 3. The van der Waals surface area contributed by atoms with Crippen LogP contribution in [0.5, 0.6) is 0 Å². The minimum Gasteiger partial charge on any atom is -0.309 e. The molecule has 0 aromatic heterocycles. The molecule has 0 saturated carbocycles. The van der Waals surface area contributed by atoms with E-state index < -0.39 is 0 Å². The number of nitrogens with one attached hydrogen (secondary N) is 1. The van der Waals surface area contributed by atoms with Crippen molar-refractivity contribution in [2.24, 2.45) is 11.8 Å². The highest BCUT2D eigenvalue weighted by molar-refractivity contribution is 8.17. The number of carbonyl (C=O) groups is 1. The maximum Gasteiger partial charge on any atom is 0.211 e. The molecule has 0 rings (SSSR count). The molecule has 0 heterocycles. The van der Waals surface area contributed by atoms with E-state index in [4.69, 9.17) is 0 Å². The molecule has 0 radical (unpaired) electrons. The number of thioether (sulfide) groups is 1. The molecule has 1 N–H and O–H groups in total. The normalized spacial score (nSPS) is 14.0. The van der Waals surface area contributed by atoms with Gasteiger partial charge in [0.15, 0.2) is 0 Å². The molecule has 0 saturated heterocycles. The van der Waals surface area contributed by atoms with Crippen LogP contribution in [0.25, 0.3) is 0 Å². The van der Waals surface area contributed by atoms with Gasteiger partial charge in [-0.05, 0) is 36.3 Å². The van der Waals surface area contributed by atoms with Gasteiger partial charge in [0.2, 0.25) is 5.12 Å². The summed E-state index contributed by atoms with van der Waals surface area (Å²) in [5.74, 6) is 1.45. The first kappa shape index (κ1) is 18.8. The first-order valence-electron chi connectivity index (χ1n) is 6.70. The molecule has 0 spiro atoms. The average molecular weight is 302 g/mol. The van der Waals surface area contributed by atoms with Crippen LogP contribution in [0.4, 0.5) is 0 Å². The fraction of sp³-hybridized carbons (Fsp3) is 0.667. The van der Waals surface area contributed by atoms with E-state index in [1.807, 2.05) is 0 Å². The molecule has 19 heavy (non-hydrogen) atoms. The van der Waals surface area contributed by atoms with E-state index in [2.05, 4.69) is 58.3 Å². The molecular formula is C15H27NOS2. The van der Waals surface area contributed by atoms with Crippen molar-refractivity contribution in [1.29, 1.82) is 0 Å². The monoisotopic (exact) mass is 301 g/mol. The fourth-order valence-corrected chi connectivity index (χ4v) is 3.09. The first-order chi connectivity index (χ1) is 8.81. The van der Waals surface area contributed by atoms with Gasteiger partial charge in [0, 0.05) is 5.75 Å². The van der Waals surface area contributed by atoms with Crippen LogP contribution < -0.4 is 5.32 Å². The third-order valence-corrected chi connectivity index (χ3v) is 4.14. The SMILES string of the molecule is C=C(/C=C(\CC(C)C)SC(=O)[C@H](CS)NC)C(C)C. The standard InChI is InChI=1S/C15H27NOS2/c1-10(2)7-13(8-12(5)11(3)4)19-15(17)14(9-18)16-6/h8,10-11,14,16,18H,5,7,9H2,1-4,6H3/b13-8+/t14-/m0/s1. The van der Waals surface area contributed by atoms with Crippen molar-refractivity contribution in [3.05, 3.63) is 23.1 Å². The zero-order valence-electron chi connectivity index (χ0n) is 12.7. The van der Waals surface area contributed by atoms with E-state index in [9.17, 15) is 4.79 Å². The lowest BCUT2D eigenvalue weighted by Gasteiger charge is -2.15. The first-order valence-corrected chi connectivity index (χ1v) is 8.15. The Morgan fingerprint density at radius 3 is 2.32 bits per heavy atom. The summed E-state index contributed by atoms with van der Waals surface area (Å²) in [6.07, 6.45) is 2.98. The van der Waals surface area contributed by atoms with Gasteiger partial charge >= 0.3 is 0 Å². The summed E-state index contributed by atoms with van der Waals surface area (Å²) >= 11 is 5.52. The molecular weight excluding hydrogens is 274 g/mol. The quantitative estimate of drug-likeness (QED) is 0.526. The Hall–Kier alpha value is -0.190. The summed E-state index contributed by atoms with van der Waals surface area (Å²) in [6, 6.07) is -0.198. The van der Waals surface area contributed by atoms with Crippen molar-refractivity contribution >= 4 is 29.5 Å². The van der Waals surface area contributed by atoms with Crippen molar-refractivity contribution in [1.82, 2.24) is 5.32 Å². The average Bonchev–Trinajstić information content (AvgIpc) is 2.29. The zero-order valence-corrected chi connectivity index (χ0v) is 14.4. The molecule has 0 fully saturated rings. The van der Waals surface area contributed by atoms with Gasteiger partial charge in [-0.1, -0.05) is 51.6 Å². The fourth-order valence-electron chi connectivity index (χ4n) is 1.39. The maximum absolute atomic E-state index is 12.1. The molecule has 0 aromatic carbocycles. The van der Waals surface area contributed by atoms with Crippen LogP contribution in [0.2, 0.25) is 0 Å². The van der Waals surface area contributed by atoms with Crippen LogP contribution in [-0.4, -0.2) is 24.0 Å². The molecule has 0 unspecified atom stereocenters. The molecule has 2 nitrogen and oxygen atoms in total. The van der Waals surface area contributed by atoms with E-state index in [0.717, 1.165) is 16.9 Å². The third-order valence-electron chi connectivity index (χ3n) is 2.74. The van der Waals surface area contributed by atoms with Gasteiger partial charge in [-0.2, -0.15) is 12.6 Å². The highest BCUT2D eigenvalue weighted by Gasteiger charge is 2.18. The molecule has 0 aliphatic rings. The second-order valence-corrected chi connectivity index (χ2v) is 6.88. The van der Waals surface area contributed by atoms with E-state index in [-0.39, 0.29) is 11.2 Å². The predicted molar refractivity (Wildman–Crippen MR) is 90.8 cm³/mol. The summed E-state index contributed by atoms with van der Waals surface area (Å²) in [7, 11) is 1.79. The van der Waals surface area contributed by atoms with Crippen molar-refractivity contribution in [2.75, 3.05) is 12.8 Å². The number of carbonyl (C=O) groups excluding carboxylic acids is 1. The lowest BCUT2D eigenvalue weighted by Crippen LogP contribution is -2.33. The Morgan fingerprint density at radius 2 is 1.95 bits per heavy atom. The van der Waals surface area contributed by atoms with E-state index >= 15 is 0 Å². The molecule has 4 heteroatoms. The van der Waals surface area contributed by atoms with E-state index in [1.54, 1.807) is 7.05 Å². The van der Waals surface area contributed by atoms with Crippen LogP contribution in [0.1, 0.15) is 34.1 Å². The van der Waals surface area contributed by atoms with E-state index in [1.165, 1.54) is 11.8 Å². The van der Waals surface area contributed by atoms with Gasteiger partial charge in [-0.25, -0.2) is 0 Å². The van der Waals surface area contributed by atoms with Crippen molar-refractivity contribution in [2.45, 2.75) is 40.2 Å². The lowest BCUT2D eigenvalue weighted by molar-refractivity contribution is -0.112. The molecule has 1 atom stereocenters. The Bertz CT molecular complexity index is 331. The molecule has 0 bridgehead atoms. The van der Waals surface area contributed by atoms with Crippen LogP contribution in [0, 0.1) is 11.8 Å². The van der Waals surface area contributed by atoms with Gasteiger partial charge in [-0.3, -0.25) is 4.79 Å². The summed E-state index contributed by atoms with van der Waals surface area (Å²) in [5, 5.41) is 3.12. The largest absolute Gasteiger partial charge is 0.309 e. The highest BCUT2D eigenvalue weighted by atomic mass is 32.2. The van der Waals surface area contributed by atoms with Crippen LogP contribution >= 0.6 is 24.4 Å². The van der Waals surface area contributed by atoms with Crippen LogP contribution in [0.3, 0.4) is 0 Å². The lowest BCUT2D eigenvalue weighted by atomic mass is 10.0. The van der Waals surface area contributed by atoms with Gasteiger partial charge in [0.1, 0.15) is 0 Å². The van der Waals surface area contributed by atoms with Crippen molar-refractivity contribution in [3.8, 4) is 0 Å². The molecule has 0 amide bonds. The van der Waals surface area contributed by atoms with E-state index in [0.29, 0.717) is 17.6 Å². The van der Waals surface area contributed by atoms with Crippen LogP contribution in [0.15, 0.2) is 23.1 Å². The molecule has 110 valence electrons. The third kappa shape index (κ3) is 7.85. The summed E-state index contributed by atoms with van der Waals surface area (Å²) in [5.41, 5.74) is 1.07. The Balaban J connectivity index is 4.87. The molecule has 0 aromatic rings. The van der Waals surface area contributed by atoms with Gasteiger partial charge in [0.25, 0.3) is 0 Å². The number of hydrogen-bond acceptors (Lipinski definition) is 4. The zero-order chi connectivity index (χ0) is 15.0. The van der Waals surface area contributed by atoms with Gasteiger partial charge < -0.3 is 5.32 Å². The predicted octanol–water partition coefficient (Wildman–Crippen LogP) is 3.91. The highest BCUT2D eigenvalue weighted by Crippen LogP contribution is 2.28. The Morgan fingerprint density at radius 1 is 1.37 bits per heavy atom. The van der Waals surface area contributed by atoms with Gasteiger partial charge in [0.05, 0.1) is 6.04 Å². The van der Waals surface area contributed by atoms with Crippen LogP contribution in [-0.2, 0) is 4.79 Å². The molecule has 0 aliphatic heterocycles. The summed E-state index contributed by atoms with van der Waals surface area (Å²) in [6.45, 7) is 12.6. The van der Waals surface area contributed by atoms with Gasteiger partial charge in [-0.15, -0.1) is 0 Å². The second kappa shape index (κ2) is 9.67. The number of rotatable bonds is 8. The number of likely N-dealkylation sites (N-methyl/N-ethyl adjacent to an activating group) is 1.